The van der Waals surface area contributed by atoms with Crippen LogP contribution < -0.4 is 5.73 Å². The molecule has 0 amide bonds. The molecule has 0 heterocycles. The summed E-state index contributed by atoms with van der Waals surface area (Å²) < 4.78 is 0. The summed E-state index contributed by atoms with van der Waals surface area (Å²) in [6.07, 6.45) is -1.17. The Hall–Kier alpha value is -0.280. The van der Waals surface area contributed by atoms with E-state index in [1.165, 1.54) is 0 Å². The first kappa shape index (κ1) is 9.72. The van der Waals surface area contributed by atoms with Crippen LogP contribution in [0.15, 0.2) is 0 Å². The van der Waals surface area contributed by atoms with Crippen LogP contribution in [0.25, 0.3) is 0 Å². The number of nitrogens with two attached hydrogens (primary N) is 1. The minimum atomic E-state index is -1.17. The lowest BCUT2D eigenvalue weighted by Crippen LogP contribution is -2.44. The van der Waals surface area contributed by atoms with Crippen LogP contribution in [0.1, 0.15) is 0 Å². The van der Waals surface area contributed by atoms with Gasteiger partial charge >= 0.3 is 0 Å². The summed E-state index contributed by atoms with van der Waals surface area (Å²) in [5, 5.41) is 27.8. The zero-order valence-corrected chi connectivity index (χ0v) is 5.43. The van der Waals surface area contributed by atoms with E-state index < -0.39 is 17.9 Å². The fourth-order valence-electron chi connectivity index (χ4n) is 0.362. The highest BCUT2D eigenvalue weighted by atomic mass is 16.9. The van der Waals surface area contributed by atoms with Crippen LogP contribution in [-0.4, -0.2) is 35.5 Å². The zero-order chi connectivity index (χ0) is 8.15. The average Bonchev–Trinajstić information content (AvgIpc) is 1.85. The summed E-state index contributed by atoms with van der Waals surface area (Å²) in [7, 11) is 1.11. The fourth-order valence-corrected chi connectivity index (χ4v) is 0.362. The Balaban J connectivity index is 3.50. The van der Waals surface area contributed by atoms with E-state index in [-0.39, 0.29) is 5.23 Å². The summed E-state index contributed by atoms with van der Waals surface area (Å²) in [5.41, 5.74) is 5.02. The quantitative estimate of drug-likeness (QED) is 0.384. The van der Waals surface area contributed by atoms with Gasteiger partial charge < -0.3 is 26.2 Å². The van der Waals surface area contributed by atoms with Crippen molar-refractivity contribution in [2.45, 2.75) is 6.17 Å². The number of hydroxylamine groups is 4. The third-order valence-corrected chi connectivity index (χ3v) is 0.794. The molecule has 0 rings (SSSR count). The van der Waals surface area contributed by atoms with Crippen LogP contribution in [-0.2, 0) is 4.84 Å². The summed E-state index contributed by atoms with van der Waals surface area (Å²) in [6.45, 7) is -0.517. The van der Waals surface area contributed by atoms with Crippen molar-refractivity contribution in [3.05, 3.63) is 10.4 Å². The monoisotopic (exact) mass is 151 g/mol. The zero-order valence-electron chi connectivity index (χ0n) is 5.43. The van der Waals surface area contributed by atoms with Gasteiger partial charge in [-0.3, -0.25) is 5.23 Å². The van der Waals surface area contributed by atoms with Gasteiger partial charge in [-0.1, -0.05) is 0 Å². The third-order valence-electron chi connectivity index (χ3n) is 0.794. The standard InChI is InChI=1S/C3H9N3O4/c1-10-6(9)3(4)2-5(7)8/h3,7H,2,4H2,1H3/q-2. The maximum atomic E-state index is 10.3. The van der Waals surface area contributed by atoms with Gasteiger partial charge in [-0.15, -0.1) is 0 Å². The van der Waals surface area contributed by atoms with E-state index in [2.05, 4.69) is 4.84 Å². The molecule has 0 aliphatic carbocycles. The molecule has 0 aliphatic heterocycles. The molecule has 7 heteroatoms. The van der Waals surface area contributed by atoms with Crippen LogP contribution in [0.2, 0.25) is 0 Å². The van der Waals surface area contributed by atoms with Crippen LogP contribution >= 0.6 is 0 Å². The van der Waals surface area contributed by atoms with E-state index in [1.54, 1.807) is 0 Å². The molecular formula is C3H9N3O4-2. The van der Waals surface area contributed by atoms with E-state index in [0.717, 1.165) is 7.11 Å². The second-order valence-corrected chi connectivity index (χ2v) is 1.57. The second-order valence-electron chi connectivity index (χ2n) is 1.57. The van der Waals surface area contributed by atoms with Crippen molar-refractivity contribution >= 4 is 0 Å². The van der Waals surface area contributed by atoms with Crippen molar-refractivity contribution in [1.82, 2.24) is 10.5 Å². The molecule has 1 atom stereocenters. The number of nitrogens with zero attached hydrogens (tertiary/aromatic N) is 2. The molecular weight excluding hydrogens is 142 g/mol. The third kappa shape index (κ3) is 3.69. The summed E-state index contributed by atoms with van der Waals surface area (Å²) in [4.78, 5) is 4.09. The van der Waals surface area contributed by atoms with Crippen molar-refractivity contribution in [1.29, 1.82) is 0 Å². The first-order chi connectivity index (χ1) is 4.57. The largest absolute Gasteiger partial charge is 0.762 e. The normalized spacial score (nSPS) is 14.7. The first-order valence-electron chi connectivity index (χ1n) is 2.47. The Morgan fingerprint density at radius 3 is 2.50 bits per heavy atom. The summed E-state index contributed by atoms with van der Waals surface area (Å²) in [5.74, 6) is 0. The Bertz CT molecular complexity index is 89.8. The minimum Gasteiger partial charge on any atom is -0.762 e. The molecule has 0 aromatic rings. The highest BCUT2D eigenvalue weighted by molar-refractivity contribution is 4.60. The molecule has 0 saturated carbocycles. The number of hydrogen-bond donors (Lipinski definition) is 2. The van der Waals surface area contributed by atoms with Crippen LogP contribution in [0, 0.1) is 10.4 Å². The van der Waals surface area contributed by atoms with Crippen LogP contribution in [0.4, 0.5) is 0 Å². The molecule has 3 N–H and O–H groups in total. The SMILES string of the molecule is CON([O-])C(N)CN([O-])O. The van der Waals surface area contributed by atoms with Gasteiger partial charge in [0.2, 0.25) is 0 Å². The molecule has 0 spiro atoms. The molecule has 0 saturated heterocycles. The van der Waals surface area contributed by atoms with E-state index in [0.29, 0.717) is 0 Å². The van der Waals surface area contributed by atoms with Gasteiger partial charge in [0.05, 0.1) is 13.3 Å². The molecule has 0 fully saturated rings. The maximum absolute atomic E-state index is 10.3. The lowest BCUT2D eigenvalue weighted by atomic mass is 10.5. The van der Waals surface area contributed by atoms with E-state index in [4.69, 9.17) is 10.9 Å². The van der Waals surface area contributed by atoms with Gasteiger partial charge in [0, 0.05) is 6.54 Å². The van der Waals surface area contributed by atoms with Gasteiger partial charge in [0.25, 0.3) is 0 Å². The van der Waals surface area contributed by atoms with Crippen molar-refractivity contribution in [3.8, 4) is 0 Å². The van der Waals surface area contributed by atoms with Gasteiger partial charge in [-0.05, 0) is 0 Å². The number of rotatable bonds is 4. The van der Waals surface area contributed by atoms with Gasteiger partial charge in [0.1, 0.15) is 0 Å². The topological polar surface area (TPSA) is 108 Å². The molecule has 10 heavy (non-hydrogen) atoms. The smallest absolute Gasteiger partial charge is 0.0825 e. The highest BCUT2D eigenvalue weighted by Crippen LogP contribution is 1.91. The average molecular weight is 151 g/mol. The van der Waals surface area contributed by atoms with Crippen molar-refractivity contribution in [2.24, 2.45) is 5.73 Å². The van der Waals surface area contributed by atoms with Crippen LogP contribution in [0.5, 0.6) is 0 Å². The predicted molar refractivity (Wildman–Crippen MR) is 32.0 cm³/mol. The number of hydrogen-bond acceptors (Lipinski definition) is 7. The molecule has 7 nitrogen and oxygen atoms in total. The maximum Gasteiger partial charge on any atom is 0.0825 e. The molecule has 62 valence electrons. The Kier molecular flexibility index (Phi) is 4.40. The Morgan fingerprint density at radius 2 is 2.20 bits per heavy atom. The molecule has 0 aliphatic rings. The van der Waals surface area contributed by atoms with Crippen LogP contribution in [0.3, 0.4) is 0 Å². The molecule has 0 radical (unpaired) electrons. The summed E-state index contributed by atoms with van der Waals surface area (Å²) in [6, 6.07) is 0. The lowest BCUT2D eigenvalue weighted by molar-refractivity contribution is -0.145. The Morgan fingerprint density at radius 1 is 1.70 bits per heavy atom. The highest BCUT2D eigenvalue weighted by Gasteiger charge is 2.02. The molecule has 1 unspecified atom stereocenters. The fraction of sp³-hybridized carbons (Fsp3) is 1.00. The van der Waals surface area contributed by atoms with E-state index >= 15 is 0 Å². The minimum absolute atomic E-state index is 0.0150. The summed E-state index contributed by atoms with van der Waals surface area (Å²) >= 11 is 0. The van der Waals surface area contributed by atoms with Gasteiger partial charge in [0.15, 0.2) is 0 Å². The molecule has 0 aromatic heterocycles. The Labute approximate surface area is 57.6 Å². The molecule has 0 aromatic carbocycles. The predicted octanol–water partition coefficient (Wildman–Crippen LogP) is -1.18. The van der Waals surface area contributed by atoms with Gasteiger partial charge in [-0.2, -0.15) is 0 Å². The van der Waals surface area contributed by atoms with Gasteiger partial charge in [-0.25, -0.2) is 5.23 Å². The van der Waals surface area contributed by atoms with E-state index in [1.807, 2.05) is 0 Å². The van der Waals surface area contributed by atoms with Crippen molar-refractivity contribution < 1.29 is 10.0 Å². The lowest BCUT2D eigenvalue weighted by Gasteiger charge is -2.34. The molecule has 0 bridgehead atoms. The first-order valence-corrected chi connectivity index (χ1v) is 2.47. The van der Waals surface area contributed by atoms with Crippen molar-refractivity contribution in [3.63, 3.8) is 0 Å². The second kappa shape index (κ2) is 4.52. The van der Waals surface area contributed by atoms with Crippen molar-refractivity contribution in [2.75, 3.05) is 13.7 Å². The van der Waals surface area contributed by atoms with E-state index in [9.17, 15) is 10.4 Å².